The molecule has 29 heavy (non-hydrogen) atoms. The van der Waals surface area contributed by atoms with Crippen molar-refractivity contribution in [3.63, 3.8) is 0 Å². The zero-order valence-electron chi connectivity index (χ0n) is 16.5. The number of phenolic OH excluding ortho intramolecular Hbond substituents is 1. The van der Waals surface area contributed by atoms with E-state index in [2.05, 4.69) is 34.8 Å². The zero-order chi connectivity index (χ0) is 20.1. The minimum atomic E-state index is -0.101. The molecule has 6 heteroatoms. The number of thiocarbonyl (C=S) groups is 1. The number of hydrogen-bond donors (Lipinski definition) is 2. The summed E-state index contributed by atoms with van der Waals surface area (Å²) in [4.78, 5) is 6.65. The van der Waals surface area contributed by atoms with E-state index >= 15 is 0 Å². The van der Waals surface area contributed by atoms with Gasteiger partial charge in [-0.2, -0.15) is 0 Å². The third-order valence-corrected chi connectivity index (χ3v) is 6.31. The van der Waals surface area contributed by atoms with Crippen LogP contribution in [0.4, 0.5) is 5.69 Å². The number of rotatable bonds is 4. The molecule has 2 N–H and O–H groups in total. The molecular weight excluding hydrogens is 380 g/mol. The maximum absolute atomic E-state index is 10.6. The summed E-state index contributed by atoms with van der Waals surface area (Å²) in [7, 11) is 0. The molecule has 2 atom stereocenters. The molecule has 1 saturated heterocycles. The van der Waals surface area contributed by atoms with Gasteiger partial charge in [0.05, 0.1) is 23.5 Å². The van der Waals surface area contributed by atoms with E-state index in [1.165, 1.54) is 29.8 Å². The first-order valence-corrected chi connectivity index (χ1v) is 10.4. The highest BCUT2D eigenvalue weighted by atomic mass is 32.1. The normalized spacial score (nSPS) is 21.4. The number of para-hydroxylation sites is 2. The van der Waals surface area contributed by atoms with E-state index in [1.807, 2.05) is 47.5 Å². The van der Waals surface area contributed by atoms with Crippen molar-refractivity contribution in [3.05, 3.63) is 77.4 Å². The third kappa shape index (κ3) is 2.99. The number of benzene rings is 1. The summed E-state index contributed by atoms with van der Waals surface area (Å²) in [5.74, 6) is 0.222. The van der Waals surface area contributed by atoms with E-state index in [1.54, 1.807) is 6.07 Å². The van der Waals surface area contributed by atoms with E-state index in [9.17, 15) is 5.11 Å². The fraction of sp³-hybridized carbons (Fsp3) is 0.304. The first kappa shape index (κ1) is 18.2. The molecule has 1 aliphatic heterocycles. The maximum Gasteiger partial charge on any atom is 0.174 e. The van der Waals surface area contributed by atoms with Gasteiger partial charge in [0, 0.05) is 23.6 Å². The second-order valence-corrected chi connectivity index (χ2v) is 8.30. The number of nitrogens with one attached hydrogen (secondary N) is 1. The largest absolute Gasteiger partial charge is 0.506 e. The number of nitrogens with zero attached hydrogens (tertiary/aromatic N) is 3. The van der Waals surface area contributed by atoms with Gasteiger partial charge in [-0.1, -0.05) is 18.2 Å². The summed E-state index contributed by atoms with van der Waals surface area (Å²) in [6, 6.07) is 16.0. The van der Waals surface area contributed by atoms with Crippen LogP contribution in [0.2, 0.25) is 0 Å². The second-order valence-electron chi connectivity index (χ2n) is 7.91. The SMILES string of the molecule is Cc1cc([C@@H]2[C@@H](c3ccccn3)NC(=S)N2c2ccccc2O)c(C)n1C1CC1. The molecular formula is C23H24N4OS. The number of phenols is 1. The first-order valence-electron chi connectivity index (χ1n) is 10.0. The van der Waals surface area contributed by atoms with Gasteiger partial charge in [0.2, 0.25) is 0 Å². The van der Waals surface area contributed by atoms with Gasteiger partial charge in [-0.3, -0.25) is 4.98 Å². The molecule has 0 unspecified atom stereocenters. The van der Waals surface area contributed by atoms with Crippen LogP contribution in [0.1, 0.15) is 53.6 Å². The Bertz CT molecular complexity index is 1070. The van der Waals surface area contributed by atoms with Gasteiger partial charge >= 0.3 is 0 Å². The van der Waals surface area contributed by atoms with Crippen LogP contribution in [0.15, 0.2) is 54.7 Å². The van der Waals surface area contributed by atoms with E-state index in [4.69, 9.17) is 12.2 Å². The van der Waals surface area contributed by atoms with Crippen molar-refractivity contribution in [3.8, 4) is 5.75 Å². The number of aromatic nitrogens is 2. The minimum Gasteiger partial charge on any atom is -0.506 e. The Balaban J connectivity index is 1.68. The number of aromatic hydroxyl groups is 1. The Hall–Kier alpha value is -2.86. The van der Waals surface area contributed by atoms with E-state index < -0.39 is 0 Å². The second kappa shape index (κ2) is 6.88. The molecule has 1 aliphatic carbocycles. The lowest BCUT2D eigenvalue weighted by atomic mass is 9.96. The Morgan fingerprint density at radius 1 is 1.10 bits per heavy atom. The average Bonchev–Trinajstić information content (AvgIpc) is 3.43. The molecule has 5 rings (SSSR count). The minimum absolute atomic E-state index is 0.0931. The average molecular weight is 405 g/mol. The summed E-state index contributed by atoms with van der Waals surface area (Å²) in [5, 5.41) is 14.7. The van der Waals surface area contributed by atoms with Gasteiger partial charge < -0.3 is 19.9 Å². The number of aryl methyl sites for hydroxylation is 1. The van der Waals surface area contributed by atoms with Crippen LogP contribution in [-0.4, -0.2) is 19.8 Å². The molecule has 1 saturated carbocycles. The molecule has 3 heterocycles. The number of hydrogen-bond acceptors (Lipinski definition) is 3. The zero-order valence-corrected chi connectivity index (χ0v) is 17.4. The molecule has 3 aromatic rings. The molecule has 0 amide bonds. The van der Waals surface area contributed by atoms with Crippen molar-refractivity contribution in [2.45, 2.75) is 44.8 Å². The molecule has 148 valence electrons. The van der Waals surface area contributed by atoms with Crippen molar-refractivity contribution >= 4 is 23.0 Å². The van der Waals surface area contributed by atoms with E-state index in [-0.39, 0.29) is 17.8 Å². The van der Waals surface area contributed by atoms with Crippen molar-refractivity contribution in [1.29, 1.82) is 0 Å². The summed E-state index contributed by atoms with van der Waals surface area (Å²) < 4.78 is 2.45. The standard InChI is InChI=1S/C23H24N4OS/c1-14-13-17(15(2)26(14)16-10-11-16)22-21(18-7-5-6-12-24-18)25-23(29)27(22)19-8-3-4-9-20(19)28/h3-9,12-13,16,21-22,28H,10-11H2,1-2H3,(H,25,29)/t21-,22-/m1/s1. The van der Waals surface area contributed by atoms with Crippen molar-refractivity contribution in [2.75, 3.05) is 4.90 Å². The predicted octanol–water partition coefficient (Wildman–Crippen LogP) is 4.72. The van der Waals surface area contributed by atoms with Crippen molar-refractivity contribution in [2.24, 2.45) is 0 Å². The topological polar surface area (TPSA) is 53.3 Å². The highest BCUT2D eigenvalue weighted by molar-refractivity contribution is 7.80. The van der Waals surface area contributed by atoms with Gasteiger partial charge in [-0.05, 0) is 74.8 Å². The lowest BCUT2D eigenvalue weighted by Crippen LogP contribution is -2.29. The monoisotopic (exact) mass is 404 g/mol. The van der Waals surface area contributed by atoms with Crippen LogP contribution in [0.25, 0.3) is 0 Å². The molecule has 2 aromatic heterocycles. The Labute approximate surface area is 176 Å². The van der Waals surface area contributed by atoms with Crippen LogP contribution in [-0.2, 0) is 0 Å². The Morgan fingerprint density at radius 3 is 2.55 bits per heavy atom. The molecule has 5 nitrogen and oxygen atoms in total. The van der Waals surface area contributed by atoms with Crippen LogP contribution in [0.3, 0.4) is 0 Å². The van der Waals surface area contributed by atoms with Gasteiger partial charge in [0.25, 0.3) is 0 Å². The Morgan fingerprint density at radius 2 is 1.86 bits per heavy atom. The molecule has 2 aliphatic rings. The quantitative estimate of drug-likeness (QED) is 0.617. The van der Waals surface area contributed by atoms with Gasteiger partial charge in [0.15, 0.2) is 5.11 Å². The lowest BCUT2D eigenvalue weighted by Gasteiger charge is -2.28. The van der Waals surface area contributed by atoms with Crippen LogP contribution >= 0.6 is 12.2 Å². The third-order valence-electron chi connectivity index (χ3n) is 5.99. The predicted molar refractivity (Wildman–Crippen MR) is 118 cm³/mol. The van der Waals surface area contributed by atoms with Crippen LogP contribution in [0.5, 0.6) is 5.75 Å². The fourth-order valence-electron chi connectivity index (χ4n) is 4.59. The van der Waals surface area contributed by atoms with Crippen LogP contribution in [0, 0.1) is 13.8 Å². The number of pyridine rings is 1. The summed E-state index contributed by atoms with van der Waals surface area (Å²) >= 11 is 5.75. The molecule has 0 radical (unpaired) electrons. The molecule has 1 aromatic carbocycles. The Kier molecular flexibility index (Phi) is 4.32. The van der Waals surface area contributed by atoms with Gasteiger partial charge in [-0.25, -0.2) is 0 Å². The summed E-state index contributed by atoms with van der Waals surface area (Å²) in [6.07, 6.45) is 4.29. The van der Waals surface area contributed by atoms with E-state index in [0.717, 1.165) is 5.69 Å². The smallest absolute Gasteiger partial charge is 0.174 e. The highest BCUT2D eigenvalue weighted by Gasteiger charge is 2.43. The number of anilines is 1. The first-order chi connectivity index (χ1) is 14.1. The molecule has 2 fully saturated rings. The maximum atomic E-state index is 10.6. The fourth-order valence-corrected chi connectivity index (χ4v) is 4.93. The van der Waals surface area contributed by atoms with Gasteiger partial charge in [0.1, 0.15) is 5.75 Å². The van der Waals surface area contributed by atoms with Crippen LogP contribution < -0.4 is 10.2 Å². The summed E-state index contributed by atoms with van der Waals surface area (Å²) in [6.45, 7) is 4.37. The van der Waals surface area contributed by atoms with Gasteiger partial charge in [-0.15, -0.1) is 0 Å². The molecule has 0 spiro atoms. The lowest BCUT2D eigenvalue weighted by molar-refractivity contribution is 0.472. The van der Waals surface area contributed by atoms with E-state index in [0.29, 0.717) is 16.8 Å². The summed E-state index contributed by atoms with van der Waals surface area (Å²) in [5.41, 5.74) is 5.41. The highest BCUT2D eigenvalue weighted by Crippen LogP contribution is 2.47. The van der Waals surface area contributed by atoms with Crippen molar-refractivity contribution in [1.82, 2.24) is 14.9 Å². The molecule has 0 bridgehead atoms. The van der Waals surface area contributed by atoms with Crippen molar-refractivity contribution < 1.29 is 5.11 Å².